The Morgan fingerprint density at radius 2 is 1.63 bits per heavy atom. The summed E-state index contributed by atoms with van der Waals surface area (Å²) in [4.78, 5) is 11.2. The van der Waals surface area contributed by atoms with Crippen molar-refractivity contribution >= 4 is 23.5 Å². The zero-order valence-electron chi connectivity index (χ0n) is 14.4. The topological polar surface area (TPSA) is 75.4 Å². The van der Waals surface area contributed by atoms with Crippen LogP contribution in [-0.2, 0) is 0 Å². The predicted molar refractivity (Wildman–Crippen MR) is 106 cm³/mol. The van der Waals surface area contributed by atoms with Crippen molar-refractivity contribution in [2.45, 2.75) is 12.1 Å². The Hall–Kier alpha value is -3.44. The lowest BCUT2D eigenvalue weighted by atomic mass is 9.98. The van der Waals surface area contributed by atoms with Crippen LogP contribution in [-0.4, -0.2) is 10.0 Å². The van der Waals surface area contributed by atoms with Gasteiger partial charge in [0.1, 0.15) is 6.10 Å². The molecule has 27 heavy (non-hydrogen) atoms. The van der Waals surface area contributed by atoms with Crippen molar-refractivity contribution in [2.24, 2.45) is 0 Å². The van der Waals surface area contributed by atoms with Crippen molar-refractivity contribution in [3.05, 3.63) is 105 Å². The summed E-state index contributed by atoms with van der Waals surface area (Å²) in [7, 11) is 0. The van der Waals surface area contributed by atoms with Gasteiger partial charge in [-0.2, -0.15) is 0 Å². The third-order valence-electron chi connectivity index (χ3n) is 4.75. The second kappa shape index (κ2) is 7.05. The fourth-order valence-corrected chi connectivity index (χ4v) is 3.39. The number of hydrogen-bond acceptors (Lipinski definition) is 4. The molecule has 0 saturated heterocycles. The quantitative estimate of drug-likeness (QED) is 0.392. The molecule has 0 aliphatic carbocycles. The number of rotatable bonds is 4. The Labute approximate surface area is 156 Å². The molecule has 5 nitrogen and oxygen atoms in total. The number of aliphatic hydroxyl groups is 1. The van der Waals surface area contributed by atoms with E-state index in [1.54, 1.807) is 12.1 Å². The number of fused-ring (bicyclic) bond motifs is 1. The lowest BCUT2D eigenvalue weighted by molar-refractivity contribution is -0.385. The third-order valence-corrected chi connectivity index (χ3v) is 4.75. The van der Waals surface area contributed by atoms with Gasteiger partial charge < -0.3 is 10.4 Å². The normalized spacial score (nSPS) is 18.3. The SMILES string of the molecule is O=[N+]([O-])c1cc2c(cc1/C=C/c1ccccc1)[C@@H](O)[C@H](c1ccccc1)N2. The summed E-state index contributed by atoms with van der Waals surface area (Å²) in [5.41, 5.74) is 3.63. The van der Waals surface area contributed by atoms with Crippen LogP contribution in [0.5, 0.6) is 0 Å². The summed E-state index contributed by atoms with van der Waals surface area (Å²) in [6, 6.07) is 22.1. The molecule has 0 bridgehead atoms. The highest BCUT2D eigenvalue weighted by molar-refractivity contribution is 5.78. The van der Waals surface area contributed by atoms with Crippen LogP contribution in [0.2, 0.25) is 0 Å². The fourth-order valence-electron chi connectivity index (χ4n) is 3.39. The van der Waals surface area contributed by atoms with Gasteiger partial charge in [-0.25, -0.2) is 0 Å². The van der Waals surface area contributed by atoms with Gasteiger partial charge >= 0.3 is 0 Å². The number of aliphatic hydroxyl groups excluding tert-OH is 1. The molecule has 0 saturated carbocycles. The average molecular weight is 358 g/mol. The van der Waals surface area contributed by atoms with Crippen molar-refractivity contribution in [1.82, 2.24) is 0 Å². The first-order valence-corrected chi connectivity index (χ1v) is 8.68. The molecule has 3 aromatic carbocycles. The summed E-state index contributed by atoms with van der Waals surface area (Å²) in [5.74, 6) is 0. The molecule has 0 amide bonds. The van der Waals surface area contributed by atoms with Gasteiger partial charge in [0.05, 0.1) is 16.5 Å². The molecule has 0 aromatic heterocycles. The smallest absolute Gasteiger partial charge is 0.278 e. The van der Waals surface area contributed by atoms with Crippen LogP contribution >= 0.6 is 0 Å². The fraction of sp³-hybridized carbons (Fsp3) is 0.0909. The van der Waals surface area contributed by atoms with Crippen LogP contribution in [0.15, 0.2) is 72.8 Å². The summed E-state index contributed by atoms with van der Waals surface area (Å²) in [5, 5.41) is 25.5. The molecule has 1 heterocycles. The van der Waals surface area contributed by atoms with E-state index in [4.69, 9.17) is 0 Å². The van der Waals surface area contributed by atoms with E-state index in [2.05, 4.69) is 5.32 Å². The number of hydrogen-bond donors (Lipinski definition) is 2. The number of benzene rings is 3. The average Bonchev–Trinajstić information content (AvgIpc) is 3.03. The second-order valence-corrected chi connectivity index (χ2v) is 6.48. The maximum atomic E-state index is 11.5. The van der Waals surface area contributed by atoms with E-state index in [0.717, 1.165) is 11.1 Å². The molecule has 2 atom stereocenters. The Kier molecular flexibility index (Phi) is 4.44. The third kappa shape index (κ3) is 3.32. The molecule has 134 valence electrons. The van der Waals surface area contributed by atoms with Crippen molar-refractivity contribution in [2.75, 3.05) is 5.32 Å². The Bertz CT molecular complexity index is 1000. The molecule has 1 aliphatic heterocycles. The number of nitrogens with zero attached hydrogens (tertiary/aromatic N) is 1. The van der Waals surface area contributed by atoms with Crippen LogP contribution in [0.4, 0.5) is 11.4 Å². The standard InChI is InChI=1S/C22H18N2O3/c25-22-18-13-17(12-11-15-7-3-1-4-8-15)20(24(26)27)14-19(18)23-21(22)16-9-5-2-6-10-16/h1-14,21-23,25H/b12-11+/t21-,22+/m0/s1. The molecule has 2 N–H and O–H groups in total. The van der Waals surface area contributed by atoms with Gasteiger partial charge in [0, 0.05) is 17.3 Å². The summed E-state index contributed by atoms with van der Waals surface area (Å²) in [6.45, 7) is 0. The summed E-state index contributed by atoms with van der Waals surface area (Å²) >= 11 is 0. The van der Waals surface area contributed by atoms with Crippen LogP contribution in [0.3, 0.4) is 0 Å². The van der Waals surface area contributed by atoms with Crippen LogP contribution < -0.4 is 5.32 Å². The van der Waals surface area contributed by atoms with E-state index >= 15 is 0 Å². The first-order valence-electron chi connectivity index (χ1n) is 8.68. The van der Waals surface area contributed by atoms with Crippen LogP contribution in [0, 0.1) is 10.1 Å². The molecule has 0 unspecified atom stereocenters. The summed E-state index contributed by atoms with van der Waals surface area (Å²) < 4.78 is 0. The van der Waals surface area contributed by atoms with Crippen molar-refractivity contribution in [3.63, 3.8) is 0 Å². The number of anilines is 1. The van der Waals surface area contributed by atoms with Gasteiger partial charge in [0.2, 0.25) is 0 Å². The summed E-state index contributed by atoms with van der Waals surface area (Å²) in [6.07, 6.45) is 2.78. The minimum absolute atomic E-state index is 0.00865. The van der Waals surface area contributed by atoms with E-state index < -0.39 is 11.0 Å². The first kappa shape index (κ1) is 17.0. The largest absolute Gasteiger partial charge is 0.386 e. The lowest BCUT2D eigenvalue weighted by Crippen LogP contribution is -2.10. The van der Waals surface area contributed by atoms with Crippen molar-refractivity contribution in [1.29, 1.82) is 0 Å². The maximum Gasteiger partial charge on any atom is 0.278 e. The van der Waals surface area contributed by atoms with E-state index in [1.165, 1.54) is 6.07 Å². The van der Waals surface area contributed by atoms with Gasteiger partial charge in [-0.05, 0) is 23.3 Å². The van der Waals surface area contributed by atoms with E-state index in [0.29, 0.717) is 16.8 Å². The van der Waals surface area contributed by atoms with E-state index in [-0.39, 0.29) is 11.7 Å². The van der Waals surface area contributed by atoms with Gasteiger partial charge in [-0.15, -0.1) is 0 Å². The monoisotopic (exact) mass is 358 g/mol. The Morgan fingerprint density at radius 3 is 2.30 bits per heavy atom. The molecule has 1 aliphatic rings. The molecule has 5 heteroatoms. The molecule has 0 spiro atoms. The highest BCUT2D eigenvalue weighted by atomic mass is 16.6. The van der Waals surface area contributed by atoms with Crippen LogP contribution in [0.1, 0.15) is 34.4 Å². The molecular formula is C22H18N2O3. The van der Waals surface area contributed by atoms with Gasteiger partial charge in [0.25, 0.3) is 5.69 Å². The molecular weight excluding hydrogens is 340 g/mol. The minimum Gasteiger partial charge on any atom is -0.386 e. The zero-order valence-corrected chi connectivity index (χ0v) is 14.4. The van der Waals surface area contributed by atoms with Crippen molar-refractivity contribution < 1.29 is 10.0 Å². The Morgan fingerprint density at radius 1 is 0.963 bits per heavy atom. The zero-order chi connectivity index (χ0) is 18.8. The maximum absolute atomic E-state index is 11.5. The molecule has 3 aromatic rings. The van der Waals surface area contributed by atoms with Gasteiger partial charge in [-0.3, -0.25) is 10.1 Å². The highest BCUT2D eigenvalue weighted by Crippen LogP contribution is 2.45. The number of nitrogens with one attached hydrogen (secondary N) is 1. The van der Waals surface area contributed by atoms with Gasteiger partial charge in [-0.1, -0.05) is 66.7 Å². The van der Waals surface area contributed by atoms with E-state index in [9.17, 15) is 15.2 Å². The number of nitro benzene ring substituents is 1. The van der Waals surface area contributed by atoms with Crippen LogP contribution in [0.25, 0.3) is 12.2 Å². The van der Waals surface area contributed by atoms with Gasteiger partial charge in [0.15, 0.2) is 0 Å². The minimum atomic E-state index is -0.771. The highest BCUT2D eigenvalue weighted by Gasteiger charge is 2.33. The predicted octanol–water partition coefficient (Wildman–Crippen LogP) is 4.97. The van der Waals surface area contributed by atoms with Crippen molar-refractivity contribution in [3.8, 4) is 0 Å². The Balaban J connectivity index is 1.72. The number of nitro groups is 1. The molecule has 0 radical (unpaired) electrons. The molecule has 0 fully saturated rings. The molecule has 4 rings (SSSR count). The first-order chi connectivity index (χ1) is 13.1. The van der Waals surface area contributed by atoms with E-state index in [1.807, 2.05) is 66.7 Å². The lowest BCUT2D eigenvalue weighted by Gasteiger charge is -2.15. The second-order valence-electron chi connectivity index (χ2n) is 6.48.